The smallest absolute Gasteiger partial charge is 0.407 e. The van der Waals surface area contributed by atoms with Crippen LogP contribution in [-0.2, 0) is 14.3 Å². The molecular formula is C28H32N2O5. The summed E-state index contributed by atoms with van der Waals surface area (Å²) in [4.78, 5) is 37.4. The SMILES string of the molecule is CC[C@@H](NC(=O)OCC1c2ccccc2-c2ccccc21)C(=O)NC12CCC(C(=O)O)(CC1)CC2. The molecule has 35 heavy (non-hydrogen) atoms. The molecule has 0 aromatic heterocycles. The maximum absolute atomic E-state index is 13.1. The Bertz CT molecular complexity index is 1090. The van der Waals surface area contributed by atoms with E-state index >= 15 is 0 Å². The van der Waals surface area contributed by atoms with Crippen LogP contribution in [0.25, 0.3) is 11.1 Å². The molecule has 0 unspecified atom stereocenters. The number of benzene rings is 2. The third-order valence-corrected chi connectivity index (χ3v) is 8.45. The quantitative estimate of drug-likeness (QED) is 0.542. The van der Waals surface area contributed by atoms with Crippen molar-refractivity contribution in [3.8, 4) is 11.1 Å². The minimum Gasteiger partial charge on any atom is -0.481 e. The van der Waals surface area contributed by atoms with E-state index in [9.17, 15) is 19.5 Å². The van der Waals surface area contributed by atoms with Gasteiger partial charge in [-0.3, -0.25) is 9.59 Å². The average molecular weight is 477 g/mol. The molecule has 3 N–H and O–H groups in total. The van der Waals surface area contributed by atoms with Gasteiger partial charge in [-0.25, -0.2) is 4.79 Å². The molecule has 4 aliphatic rings. The molecule has 3 saturated carbocycles. The van der Waals surface area contributed by atoms with Crippen LogP contribution < -0.4 is 10.6 Å². The van der Waals surface area contributed by atoms with E-state index in [1.807, 2.05) is 31.2 Å². The van der Waals surface area contributed by atoms with E-state index in [1.54, 1.807) is 0 Å². The predicted molar refractivity (Wildman–Crippen MR) is 131 cm³/mol. The van der Waals surface area contributed by atoms with Crippen LogP contribution in [0.3, 0.4) is 0 Å². The lowest BCUT2D eigenvalue weighted by Gasteiger charge is -2.51. The number of carboxylic acid groups (broad SMARTS) is 1. The van der Waals surface area contributed by atoms with E-state index < -0.39 is 23.5 Å². The van der Waals surface area contributed by atoms with Crippen molar-refractivity contribution in [1.82, 2.24) is 10.6 Å². The van der Waals surface area contributed by atoms with E-state index in [1.165, 1.54) is 0 Å². The van der Waals surface area contributed by atoms with Crippen molar-refractivity contribution in [3.05, 3.63) is 59.7 Å². The van der Waals surface area contributed by atoms with Crippen molar-refractivity contribution in [2.45, 2.75) is 69.4 Å². The number of aliphatic carboxylic acids is 1. The number of carboxylic acids is 1. The van der Waals surface area contributed by atoms with Crippen LogP contribution in [0.2, 0.25) is 0 Å². The van der Waals surface area contributed by atoms with Crippen molar-refractivity contribution in [3.63, 3.8) is 0 Å². The molecule has 1 atom stereocenters. The first-order valence-electron chi connectivity index (χ1n) is 12.5. The summed E-state index contributed by atoms with van der Waals surface area (Å²) in [6.45, 7) is 2.04. The maximum Gasteiger partial charge on any atom is 0.407 e. The second-order valence-electron chi connectivity index (χ2n) is 10.3. The molecule has 0 spiro atoms. The molecule has 7 heteroatoms. The number of carbonyl (C=O) groups is 3. The highest BCUT2D eigenvalue weighted by atomic mass is 16.5. The zero-order valence-corrected chi connectivity index (χ0v) is 20.0. The monoisotopic (exact) mass is 476 g/mol. The van der Waals surface area contributed by atoms with Gasteiger partial charge in [-0.05, 0) is 67.2 Å². The van der Waals surface area contributed by atoms with Crippen molar-refractivity contribution in [2.24, 2.45) is 5.41 Å². The topological polar surface area (TPSA) is 105 Å². The molecule has 2 bridgehead atoms. The Balaban J connectivity index is 1.19. The van der Waals surface area contributed by atoms with Crippen LogP contribution in [0.5, 0.6) is 0 Å². The maximum atomic E-state index is 13.1. The molecule has 7 nitrogen and oxygen atoms in total. The number of rotatable bonds is 7. The Morgan fingerprint density at radius 2 is 1.49 bits per heavy atom. The van der Waals surface area contributed by atoms with Gasteiger partial charge < -0.3 is 20.5 Å². The molecule has 6 rings (SSSR count). The van der Waals surface area contributed by atoms with Crippen molar-refractivity contribution in [2.75, 3.05) is 6.61 Å². The molecule has 0 saturated heterocycles. The third-order valence-electron chi connectivity index (χ3n) is 8.45. The van der Waals surface area contributed by atoms with E-state index in [2.05, 4.69) is 34.9 Å². The summed E-state index contributed by atoms with van der Waals surface area (Å²) in [6.07, 6.45) is 3.55. The van der Waals surface area contributed by atoms with Gasteiger partial charge in [-0.15, -0.1) is 0 Å². The highest BCUT2D eigenvalue weighted by molar-refractivity contribution is 5.86. The number of alkyl carbamates (subject to hydrolysis) is 1. The minimum absolute atomic E-state index is 0.0417. The fraction of sp³-hybridized carbons (Fsp3) is 0.464. The van der Waals surface area contributed by atoms with Crippen molar-refractivity contribution in [1.29, 1.82) is 0 Å². The first-order chi connectivity index (χ1) is 16.9. The van der Waals surface area contributed by atoms with E-state index in [0.717, 1.165) is 22.3 Å². The number of carbonyl (C=O) groups excluding carboxylic acids is 2. The minimum atomic E-state index is -0.722. The number of nitrogens with one attached hydrogen (secondary N) is 2. The fourth-order valence-corrected chi connectivity index (χ4v) is 6.18. The zero-order chi connectivity index (χ0) is 24.6. The van der Waals surface area contributed by atoms with E-state index in [0.29, 0.717) is 44.9 Å². The van der Waals surface area contributed by atoms with Gasteiger partial charge in [0.15, 0.2) is 0 Å². The number of hydrogen-bond donors (Lipinski definition) is 3. The summed E-state index contributed by atoms with van der Waals surface area (Å²) in [5, 5.41) is 15.5. The largest absolute Gasteiger partial charge is 0.481 e. The Kier molecular flexibility index (Phi) is 6.03. The van der Waals surface area contributed by atoms with Gasteiger partial charge in [0.1, 0.15) is 12.6 Å². The summed E-state index contributed by atoms with van der Waals surface area (Å²) < 4.78 is 5.62. The highest BCUT2D eigenvalue weighted by Crippen LogP contribution is 2.52. The van der Waals surface area contributed by atoms with Gasteiger partial charge in [-0.1, -0.05) is 55.5 Å². The van der Waals surface area contributed by atoms with Crippen LogP contribution in [-0.4, -0.2) is 41.3 Å². The molecule has 184 valence electrons. The third kappa shape index (κ3) is 4.17. The Labute approximate surface area is 205 Å². The lowest BCUT2D eigenvalue weighted by atomic mass is 9.57. The fourth-order valence-electron chi connectivity index (χ4n) is 6.18. The second-order valence-corrected chi connectivity index (χ2v) is 10.3. The van der Waals surface area contributed by atoms with E-state index in [-0.39, 0.29) is 24.0 Å². The lowest BCUT2D eigenvalue weighted by Crippen LogP contribution is -2.61. The summed E-state index contributed by atoms with van der Waals surface area (Å²) in [7, 11) is 0. The molecule has 2 amide bonds. The lowest BCUT2D eigenvalue weighted by molar-refractivity contribution is -0.157. The molecule has 0 aliphatic heterocycles. The average Bonchev–Trinajstić information content (AvgIpc) is 3.20. The molecule has 4 aliphatic carbocycles. The van der Waals surface area contributed by atoms with Crippen molar-refractivity contribution >= 4 is 18.0 Å². The molecule has 0 radical (unpaired) electrons. The molecular weight excluding hydrogens is 444 g/mol. The summed E-state index contributed by atoms with van der Waals surface area (Å²) in [6, 6.07) is 15.6. The Morgan fingerprint density at radius 1 is 0.943 bits per heavy atom. The summed E-state index contributed by atoms with van der Waals surface area (Å²) in [5.41, 5.74) is 3.60. The van der Waals surface area contributed by atoms with Crippen LogP contribution >= 0.6 is 0 Å². The highest BCUT2D eigenvalue weighted by Gasteiger charge is 2.53. The zero-order valence-electron chi connectivity index (χ0n) is 20.0. The van der Waals surface area contributed by atoms with Gasteiger partial charge in [0, 0.05) is 11.5 Å². The first kappa shape index (κ1) is 23.4. The Morgan fingerprint density at radius 3 is 2.00 bits per heavy atom. The van der Waals surface area contributed by atoms with Gasteiger partial charge in [0.25, 0.3) is 0 Å². The molecule has 2 aromatic carbocycles. The van der Waals surface area contributed by atoms with Crippen molar-refractivity contribution < 1.29 is 24.2 Å². The standard InChI is InChI=1S/C28H32N2O5/c1-2-23(24(31)30-28-14-11-27(12-15-28,13-16-28)25(32)33)29-26(34)35-17-22-20-9-5-3-7-18(20)19-8-4-6-10-21(19)22/h3-10,22-23H,2,11-17H2,1H3,(H,29,34)(H,30,31)(H,32,33)/t23-,27?,28?/m1/s1. The predicted octanol–water partition coefficient (Wildman–Crippen LogP) is 4.60. The van der Waals surface area contributed by atoms with Gasteiger partial charge in [0.05, 0.1) is 5.41 Å². The van der Waals surface area contributed by atoms with Crippen LogP contribution in [0.15, 0.2) is 48.5 Å². The number of fused-ring (bicyclic) bond motifs is 6. The van der Waals surface area contributed by atoms with E-state index in [4.69, 9.17) is 4.74 Å². The Hall–Kier alpha value is -3.35. The number of hydrogen-bond acceptors (Lipinski definition) is 4. The number of amides is 2. The molecule has 0 heterocycles. The van der Waals surface area contributed by atoms with Gasteiger partial charge in [-0.2, -0.15) is 0 Å². The summed E-state index contributed by atoms with van der Waals surface area (Å²) >= 11 is 0. The molecule has 2 aromatic rings. The second kappa shape index (κ2) is 9.02. The van der Waals surface area contributed by atoms with Crippen LogP contribution in [0, 0.1) is 5.41 Å². The number of ether oxygens (including phenoxy) is 1. The summed E-state index contributed by atoms with van der Waals surface area (Å²) in [5.74, 6) is -0.994. The molecule has 3 fully saturated rings. The van der Waals surface area contributed by atoms with Gasteiger partial charge >= 0.3 is 12.1 Å². The first-order valence-corrected chi connectivity index (χ1v) is 12.5. The van der Waals surface area contributed by atoms with Crippen LogP contribution in [0.1, 0.15) is 68.9 Å². The van der Waals surface area contributed by atoms with Gasteiger partial charge in [0.2, 0.25) is 5.91 Å². The normalized spacial score (nSPS) is 25.3. The van der Waals surface area contributed by atoms with Crippen LogP contribution in [0.4, 0.5) is 4.79 Å².